The van der Waals surface area contributed by atoms with Crippen LogP contribution in [0.5, 0.6) is 17.2 Å². The van der Waals surface area contributed by atoms with Crippen LogP contribution in [-0.4, -0.2) is 109 Å². The summed E-state index contributed by atoms with van der Waals surface area (Å²) in [5, 5.41) is 0. The fraction of sp³-hybridized carbons (Fsp3) is 0.429. The van der Waals surface area contributed by atoms with Gasteiger partial charge in [0.2, 0.25) is 5.60 Å². The van der Waals surface area contributed by atoms with Gasteiger partial charge in [0.25, 0.3) is 15.9 Å². The topological polar surface area (TPSA) is 118 Å². The lowest BCUT2D eigenvalue weighted by Gasteiger charge is -2.42. The van der Waals surface area contributed by atoms with E-state index in [1.54, 1.807) is 47.4 Å². The van der Waals surface area contributed by atoms with Crippen LogP contribution in [0, 0.1) is 6.92 Å². The Hall–Kier alpha value is -4.33. The fourth-order valence-corrected chi connectivity index (χ4v) is 8.50. The largest absolute Gasteiger partial charge is 0.497 e. The molecule has 2 amide bonds. The molecule has 13 heteroatoms. The summed E-state index contributed by atoms with van der Waals surface area (Å²) in [6.07, 6.45) is 1.45. The van der Waals surface area contributed by atoms with Crippen LogP contribution in [0.4, 0.5) is 10.5 Å². The van der Waals surface area contributed by atoms with Crippen molar-refractivity contribution in [3.63, 3.8) is 0 Å². The monoisotopic (exact) mass is 678 g/mol. The number of fused-ring (bicyclic) bond motifs is 1. The van der Waals surface area contributed by atoms with Gasteiger partial charge in [-0.3, -0.25) is 9.69 Å². The minimum absolute atomic E-state index is 0.00540. The number of aryl methyl sites for hydroxylation is 1. The third-order valence-electron chi connectivity index (χ3n) is 9.62. The third-order valence-corrected chi connectivity index (χ3v) is 11.4. The summed E-state index contributed by atoms with van der Waals surface area (Å²) in [5.74, 6) is -0.165. The van der Waals surface area contributed by atoms with E-state index in [0.717, 1.165) is 35.8 Å². The number of anilines is 1. The highest BCUT2D eigenvalue weighted by molar-refractivity contribution is 7.93. The van der Waals surface area contributed by atoms with E-state index in [9.17, 15) is 18.0 Å². The Morgan fingerprint density at radius 3 is 2.19 bits per heavy atom. The van der Waals surface area contributed by atoms with Crippen LogP contribution in [0.25, 0.3) is 0 Å². The standard InChI is InChI=1S/C35H42N4O8S/c1-24-9-11-30-29(21-24)35(25-7-6-8-27(22-25)44-3,33(40)39(30)48(42,43)32-12-10-28(45-4)23-31(32)46-5)47-34(41)38-19-17-37(18-20-38)26-13-15-36(2)16-14-26/h6-12,21-23,26H,13-20H2,1-5H3. The molecule has 12 nitrogen and oxygen atoms in total. The zero-order chi connectivity index (χ0) is 34.2. The Bertz CT molecular complexity index is 1800. The first-order valence-electron chi connectivity index (χ1n) is 16.0. The molecule has 0 aliphatic carbocycles. The molecule has 1 atom stereocenters. The average molecular weight is 679 g/mol. The first-order chi connectivity index (χ1) is 23.0. The number of benzene rings is 3. The predicted molar refractivity (Wildman–Crippen MR) is 179 cm³/mol. The summed E-state index contributed by atoms with van der Waals surface area (Å²) in [4.78, 5) is 35.2. The number of hydrogen-bond donors (Lipinski definition) is 0. The molecule has 2 saturated heterocycles. The van der Waals surface area contributed by atoms with Crippen molar-refractivity contribution in [2.24, 2.45) is 0 Å². The van der Waals surface area contributed by atoms with E-state index in [1.807, 2.05) is 6.92 Å². The highest BCUT2D eigenvalue weighted by Crippen LogP contribution is 2.51. The number of ether oxygens (including phenoxy) is 4. The normalized spacial score (nSPS) is 20.8. The summed E-state index contributed by atoms with van der Waals surface area (Å²) < 4.78 is 52.3. The molecule has 3 aliphatic rings. The number of piperidine rings is 1. The minimum atomic E-state index is -4.60. The van der Waals surface area contributed by atoms with Gasteiger partial charge in [0.05, 0.1) is 27.0 Å². The van der Waals surface area contributed by atoms with Crippen molar-refractivity contribution in [1.29, 1.82) is 0 Å². The molecule has 6 rings (SSSR count). The summed E-state index contributed by atoms with van der Waals surface area (Å²) in [6, 6.07) is 16.3. The van der Waals surface area contributed by atoms with Gasteiger partial charge < -0.3 is 28.7 Å². The maximum absolute atomic E-state index is 15.0. The summed E-state index contributed by atoms with van der Waals surface area (Å²) >= 11 is 0. The Morgan fingerprint density at radius 1 is 0.833 bits per heavy atom. The molecule has 256 valence electrons. The quantitative estimate of drug-likeness (QED) is 0.348. The van der Waals surface area contributed by atoms with Crippen LogP contribution in [0.3, 0.4) is 0 Å². The van der Waals surface area contributed by atoms with Crippen LogP contribution in [0.1, 0.15) is 29.5 Å². The van der Waals surface area contributed by atoms with Gasteiger partial charge in [0, 0.05) is 49.4 Å². The predicted octanol–water partition coefficient (Wildman–Crippen LogP) is 3.85. The van der Waals surface area contributed by atoms with E-state index in [1.165, 1.54) is 39.5 Å². The second kappa shape index (κ2) is 13.3. The maximum atomic E-state index is 15.0. The van der Waals surface area contributed by atoms with Gasteiger partial charge in [-0.25, -0.2) is 13.2 Å². The van der Waals surface area contributed by atoms with Crippen molar-refractivity contribution < 1.29 is 37.0 Å². The molecule has 3 aromatic carbocycles. The van der Waals surface area contributed by atoms with Gasteiger partial charge in [0.1, 0.15) is 22.1 Å². The van der Waals surface area contributed by atoms with Gasteiger partial charge in [-0.15, -0.1) is 0 Å². The van der Waals surface area contributed by atoms with Gasteiger partial charge in [-0.05, 0) is 76.3 Å². The first kappa shape index (κ1) is 33.6. The van der Waals surface area contributed by atoms with E-state index in [4.69, 9.17) is 18.9 Å². The van der Waals surface area contributed by atoms with Crippen LogP contribution < -0.4 is 18.5 Å². The molecule has 0 saturated carbocycles. The van der Waals surface area contributed by atoms with Crippen molar-refractivity contribution in [1.82, 2.24) is 14.7 Å². The van der Waals surface area contributed by atoms with Gasteiger partial charge in [-0.1, -0.05) is 23.8 Å². The van der Waals surface area contributed by atoms with Crippen LogP contribution in [0.2, 0.25) is 0 Å². The molecule has 3 aromatic rings. The second-order valence-corrected chi connectivity index (χ2v) is 14.2. The fourth-order valence-electron chi connectivity index (χ4n) is 6.91. The van der Waals surface area contributed by atoms with Crippen LogP contribution in [-0.2, 0) is 25.2 Å². The minimum Gasteiger partial charge on any atom is -0.497 e. The van der Waals surface area contributed by atoms with Crippen molar-refractivity contribution in [3.05, 3.63) is 77.4 Å². The SMILES string of the molecule is COc1cccc(C2(OC(=O)N3CCN(C4CCN(C)CC4)CC3)C(=O)N(S(=O)(=O)c3ccc(OC)cc3OC)c3ccc(C)cc32)c1. The number of carbonyl (C=O) groups is 2. The van der Waals surface area contributed by atoms with Crippen molar-refractivity contribution in [2.45, 2.75) is 36.3 Å². The third kappa shape index (κ3) is 5.84. The first-order valence-corrected chi connectivity index (χ1v) is 17.5. The van der Waals surface area contributed by atoms with Gasteiger partial charge >= 0.3 is 6.09 Å². The second-order valence-electron chi connectivity index (χ2n) is 12.5. The van der Waals surface area contributed by atoms with Crippen LogP contribution in [0.15, 0.2) is 65.6 Å². The number of likely N-dealkylation sites (tertiary alicyclic amines) is 1. The number of amides is 2. The highest BCUT2D eigenvalue weighted by Gasteiger charge is 2.60. The summed E-state index contributed by atoms with van der Waals surface area (Å²) in [6.45, 7) is 6.10. The van der Waals surface area contributed by atoms with E-state index in [0.29, 0.717) is 43.7 Å². The average Bonchev–Trinajstić information content (AvgIpc) is 3.35. The number of nitrogens with zero attached hydrogens (tertiary/aromatic N) is 4. The Kier molecular flexibility index (Phi) is 9.29. The van der Waals surface area contributed by atoms with Crippen LogP contribution >= 0.6 is 0 Å². The number of piperazine rings is 1. The number of methoxy groups -OCH3 is 3. The van der Waals surface area contributed by atoms with Gasteiger partial charge in [0.15, 0.2) is 0 Å². The van der Waals surface area contributed by atoms with Crippen molar-refractivity contribution in [2.75, 3.05) is 72.0 Å². The molecule has 0 aromatic heterocycles. The zero-order valence-electron chi connectivity index (χ0n) is 28.0. The molecule has 0 radical (unpaired) electrons. The lowest BCUT2D eigenvalue weighted by atomic mass is 9.86. The molecule has 3 aliphatic heterocycles. The molecule has 2 fully saturated rings. The Labute approximate surface area is 281 Å². The van der Waals surface area contributed by atoms with Crippen molar-refractivity contribution in [3.8, 4) is 17.2 Å². The number of rotatable bonds is 8. The Balaban J connectivity index is 1.41. The molecule has 48 heavy (non-hydrogen) atoms. The van der Waals surface area contributed by atoms with E-state index in [-0.39, 0.29) is 27.5 Å². The molecule has 0 spiro atoms. The molecular formula is C35H42N4O8S. The smallest absolute Gasteiger partial charge is 0.411 e. The molecule has 0 N–H and O–H groups in total. The lowest BCUT2D eigenvalue weighted by Crippen LogP contribution is -2.55. The molecular weight excluding hydrogens is 636 g/mol. The van der Waals surface area contributed by atoms with E-state index in [2.05, 4.69) is 16.8 Å². The number of sulfonamides is 1. The lowest BCUT2D eigenvalue weighted by molar-refractivity contribution is -0.132. The van der Waals surface area contributed by atoms with E-state index >= 15 is 0 Å². The summed E-state index contributed by atoms with van der Waals surface area (Å²) in [5.41, 5.74) is -0.819. The molecule has 3 heterocycles. The zero-order valence-corrected chi connectivity index (χ0v) is 28.8. The maximum Gasteiger partial charge on any atom is 0.411 e. The number of hydrogen-bond acceptors (Lipinski definition) is 10. The van der Waals surface area contributed by atoms with E-state index < -0.39 is 27.6 Å². The summed E-state index contributed by atoms with van der Waals surface area (Å²) in [7, 11) is 1.81. The molecule has 0 bridgehead atoms. The van der Waals surface area contributed by atoms with Crippen molar-refractivity contribution >= 4 is 27.7 Å². The van der Waals surface area contributed by atoms with Gasteiger partial charge in [-0.2, -0.15) is 4.31 Å². The molecule has 1 unspecified atom stereocenters. The highest BCUT2D eigenvalue weighted by atomic mass is 32.2. The Morgan fingerprint density at radius 2 is 1.52 bits per heavy atom. The number of carbonyl (C=O) groups excluding carboxylic acids is 2.